The van der Waals surface area contributed by atoms with Gasteiger partial charge < -0.3 is 19.5 Å². The summed E-state index contributed by atoms with van der Waals surface area (Å²) in [4.78, 5) is 17.2. The van der Waals surface area contributed by atoms with Crippen LogP contribution in [0.15, 0.2) is 71.6 Å². The molecule has 0 aromatic heterocycles. The van der Waals surface area contributed by atoms with Gasteiger partial charge in [0.05, 0.1) is 31.1 Å². The van der Waals surface area contributed by atoms with Gasteiger partial charge in [-0.1, -0.05) is 19.1 Å². The Balaban J connectivity index is 1.61. The molecule has 3 aromatic carbocycles. The van der Waals surface area contributed by atoms with Crippen molar-refractivity contribution in [1.82, 2.24) is 9.80 Å². The second kappa shape index (κ2) is 13.5. The highest BCUT2D eigenvalue weighted by Gasteiger charge is 2.31. The van der Waals surface area contributed by atoms with Gasteiger partial charge in [0.1, 0.15) is 23.4 Å². The number of ether oxygens (including phenoxy) is 2. The van der Waals surface area contributed by atoms with Crippen molar-refractivity contribution < 1.29 is 32.2 Å². The summed E-state index contributed by atoms with van der Waals surface area (Å²) in [6.07, 6.45) is -0.347. The zero-order chi connectivity index (χ0) is 30.4. The molecule has 3 aromatic rings. The van der Waals surface area contributed by atoms with Crippen molar-refractivity contribution in [3.8, 4) is 11.5 Å². The SMILES string of the molecule is COc1ccc(CN(C)C[C@@H]2Oc3ccc(NS(=O)(=O)c4ccc(F)cc4)cc3CC(=O)N([C@@H](C)CO)C[C@H]2C)cc1. The molecule has 11 heteroatoms. The highest BCUT2D eigenvalue weighted by Crippen LogP contribution is 2.30. The van der Waals surface area contributed by atoms with Crippen LogP contribution in [-0.4, -0.2) is 75.2 Å². The topological polar surface area (TPSA) is 108 Å². The maximum absolute atomic E-state index is 13.5. The van der Waals surface area contributed by atoms with Crippen LogP contribution in [0.3, 0.4) is 0 Å². The van der Waals surface area contributed by atoms with Gasteiger partial charge in [0.25, 0.3) is 10.0 Å². The van der Waals surface area contributed by atoms with Crippen molar-refractivity contribution >= 4 is 21.6 Å². The maximum atomic E-state index is 13.5. The fourth-order valence-corrected chi connectivity index (χ4v) is 6.00. The summed E-state index contributed by atoms with van der Waals surface area (Å²) in [5.74, 6) is 0.458. The summed E-state index contributed by atoms with van der Waals surface area (Å²) in [6.45, 7) is 5.24. The van der Waals surface area contributed by atoms with E-state index in [1.54, 1.807) is 37.1 Å². The lowest BCUT2D eigenvalue weighted by Crippen LogP contribution is -2.47. The van der Waals surface area contributed by atoms with E-state index >= 15 is 0 Å². The number of carbonyl (C=O) groups excluding carboxylic acids is 1. The van der Waals surface area contributed by atoms with Crippen LogP contribution < -0.4 is 14.2 Å². The van der Waals surface area contributed by atoms with Crippen molar-refractivity contribution in [2.24, 2.45) is 5.92 Å². The predicted molar refractivity (Wildman–Crippen MR) is 159 cm³/mol. The molecule has 1 heterocycles. The second-order valence-electron chi connectivity index (χ2n) is 10.8. The number of nitrogens with zero attached hydrogens (tertiary/aromatic N) is 2. The van der Waals surface area contributed by atoms with E-state index in [2.05, 4.69) is 9.62 Å². The van der Waals surface area contributed by atoms with Crippen LogP contribution in [0, 0.1) is 11.7 Å². The number of amides is 1. The van der Waals surface area contributed by atoms with Crippen LogP contribution in [0.4, 0.5) is 10.1 Å². The van der Waals surface area contributed by atoms with Crippen molar-refractivity contribution in [1.29, 1.82) is 0 Å². The Hall–Kier alpha value is -3.67. The molecule has 42 heavy (non-hydrogen) atoms. The first-order valence-corrected chi connectivity index (χ1v) is 15.3. The number of likely N-dealkylation sites (N-methyl/N-ethyl adjacent to an activating group) is 1. The van der Waals surface area contributed by atoms with E-state index in [1.807, 2.05) is 38.2 Å². The third-order valence-corrected chi connectivity index (χ3v) is 8.79. The molecule has 0 radical (unpaired) electrons. The average molecular weight is 600 g/mol. The van der Waals surface area contributed by atoms with Gasteiger partial charge >= 0.3 is 0 Å². The average Bonchev–Trinajstić information content (AvgIpc) is 3.00. The van der Waals surface area contributed by atoms with Crippen LogP contribution in [0.25, 0.3) is 0 Å². The summed E-state index contributed by atoms with van der Waals surface area (Å²) >= 11 is 0. The van der Waals surface area contributed by atoms with Gasteiger partial charge in [-0.05, 0) is 74.1 Å². The van der Waals surface area contributed by atoms with Crippen LogP contribution in [-0.2, 0) is 27.8 Å². The highest BCUT2D eigenvalue weighted by molar-refractivity contribution is 7.92. The number of sulfonamides is 1. The minimum absolute atomic E-state index is 0.0348. The molecule has 9 nitrogen and oxygen atoms in total. The third-order valence-electron chi connectivity index (χ3n) is 7.40. The highest BCUT2D eigenvalue weighted by atomic mass is 32.2. The fraction of sp³-hybridized carbons (Fsp3) is 0.387. The predicted octanol–water partition coefficient (Wildman–Crippen LogP) is 3.92. The van der Waals surface area contributed by atoms with Gasteiger partial charge in [-0.25, -0.2) is 12.8 Å². The van der Waals surface area contributed by atoms with Gasteiger partial charge in [0.15, 0.2) is 0 Å². The third kappa shape index (κ3) is 7.78. The summed E-state index contributed by atoms with van der Waals surface area (Å²) in [5.41, 5.74) is 1.88. The van der Waals surface area contributed by atoms with Gasteiger partial charge in [0.2, 0.25) is 5.91 Å². The number of nitrogens with one attached hydrogen (secondary N) is 1. The Kier molecular flexibility index (Phi) is 10.1. The molecular formula is C31H38FN3O6S. The molecule has 0 spiro atoms. The van der Waals surface area contributed by atoms with Gasteiger partial charge in [-0.15, -0.1) is 0 Å². The number of aliphatic hydroxyl groups excluding tert-OH is 1. The Morgan fingerprint density at radius 1 is 1.14 bits per heavy atom. The van der Waals surface area contributed by atoms with Crippen molar-refractivity contribution in [2.75, 3.05) is 38.6 Å². The molecule has 0 aliphatic carbocycles. The second-order valence-corrected chi connectivity index (χ2v) is 12.5. The number of benzene rings is 3. The zero-order valence-electron chi connectivity index (χ0n) is 24.3. The van der Waals surface area contributed by atoms with Gasteiger partial charge in [-0.2, -0.15) is 0 Å². The van der Waals surface area contributed by atoms with E-state index in [9.17, 15) is 22.7 Å². The number of halogens is 1. The van der Waals surface area contributed by atoms with Crippen molar-refractivity contribution in [3.63, 3.8) is 0 Å². The first kappa shape index (κ1) is 31.3. The van der Waals surface area contributed by atoms with E-state index in [0.29, 0.717) is 30.9 Å². The Morgan fingerprint density at radius 2 is 1.83 bits per heavy atom. The van der Waals surface area contributed by atoms with Gasteiger partial charge in [0, 0.05) is 36.8 Å². The maximum Gasteiger partial charge on any atom is 0.261 e. The molecule has 1 aliphatic rings. The quantitative estimate of drug-likeness (QED) is 0.364. The van der Waals surface area contributed by atoms with Crippen molar-refractivity contribution in [3.05, 3.63) is 83.7 Å². The van der Waals surface area contributed by atoms with Gasteiger partial charge in [-0.3, -0.25) is 14.4 Å². The molecule has 226 valence electrons. The molecule has 0 saturated carbocycles. The molecule has 0 fully saturated rings. The van der Waals surface area contributed by atoms with E-state index in [1.165, 1.54) is 12.1 Å². The first-order chi connectivity index (χ1) is 20.0. The molecule has 4 rings (SSSR count). The number of rotatable bonds is 10. The molecule has 1 amide bonds. The largest absolute Gasteiger partial charge is 0.497 e. The van der Waals surface area contributed by atoms with Crippen LogP contribution >= 0.6 is 0 Å². The van der Waals surface area contributed by atoms with Crippen LogP contribution in [0.2, 0.25) is 0 Å². The molecule has 0 unspecified atom stereocenters. The zero-order valence-corrected chi connectivity index (χ0v) is 25.1. The molecule has 0 saturated heterocycles. The lowest BCUT2D eigenvalue weighted by atomic mass is 10.0. The summed E-state index contributed by atoms with van der Waals surface area (Å²) in [5, 5.41) is 9.89. The van der Waals surface area contributed by atoms with E-state index in [0.717, 1.165) is 23.4 Å². The van der Waals surface area contributed by atoms with Crippen molar-refractivity contribution in [2.45, 2.75) is 43.9 Å². The smallest absolute Gasteiger partial charge is 0.261 e. The van der Waals surface area contributed by atoms with E-state index in [-0.39, 0.29) is 41.5 Å². The number of hydrogen-bond acceptors (Lipinski definition) is 7. The number of carbonyl (C=O) groups is 1. The summed E-state index contributed by atoms with van der Waals surface area (Å²) in [7, 11) is -0.362. The number of fused-ring (bicyclic) bond motifs is 1. The standard InChI is InChI=1S/C31H38FN3O6S/c1-21-17-35(22(2)20-36)31(37)16-24-15-26(33-42(38,39)28-12-7-25(32)8-13-28)9-14-29(24)41-30(21)19-34(3)18-23-5-10-27(40-4)11-6-23/h5-15,21-22,30,33,36H,16-20H2,1-4H3/t21-,22+,30+/m1/s1. The Labute approximate surface area is 246 Å². The summed E-state index contributed by atoms with van der Waals surface area (Å²) in [6, 6.07) is 16.8. The number of methoxy groups -OCH3 is 1. The number of aliphatic hydroxyl groups is 1. The lowest BCUT2D eigenvalue weighted by molar-refractivity contribution is -0.134. The molecule has 0 bridgehead atoms. The lowest BCUT2D eigenvalue weighted by Gasteiger charge is -2.34. The van der Waals surface area contributed by atoms with E-state index < -0.39 is 21.9 Å². The first-order valence-electron chi connectivity index (χ1n) is 13.8. The minimum Gasteiger partial charge on any atom is -0.497 e. The summed E-state index contributed by atoms with van der Waals surface area (Å²) < 4.78 is 53.5. The molecule has 3 atom stereocenters. The minimum atomic E-state index is -3.99. The molecule has 2 N–H and O–H groups in total. The number of anilines is 1. The molecule has 1 aliphatic heterocycles. The number of hydrogen-bond donors (Lipinski definition) is 2. The normalized spacial score (nSPS) is 18.4. The monoisotopic (exact) mass is 599 g/mol. The Bertz CT molecular complexity index is 1470. The Morgan fingerprint density at radius 3 is 2.48 bits per heavy atom. The van der Waals surface area contributed by atoms with Crippen LogP contribution in [0.5, 0.6) is 11.5 Å². The molecular weight excluding hydrogens is 561 g/mol. The van der Waals surface area contributed by atoms with E-state index in [4.69, 9.17) is 9.47 Å². The fourth-order valence-electron chi connectivity index (χ4n) is 4.95. The van der Waals surface area contributed by atoms with Crippen LogP contribution in [0.1, 0.15) is 25.0 Å².